The summed E-state index contributed by atoms with van der Waals surface area (Å²) < 4.78 is 4.78. The summed E-state index contributed by atoms with van der Waals surface area (Å²) in [4.78, 5) is 22.7. The third-order valence-electron chi connectivity index (χ3n) is 3.35. The molecular weight excluding hydrogens is 232 g/mol. The highest BCUT2D eigenvalue weighted by Gasteiger charge is 2.22. The second-order valence-corrected chi connectivity index (χ2v) is 4.82. The predicted molar refractivity (Wildman–Crippen MR) is 69.2 cm³/mol. The first-order chi connectivity index (χ1) is 8.63. The van der Waals surface area contributed by atoms with Crippen molar-refractivity contribution in [2.75, 3.05) is 13.2 Å². The lowest BCUT2D eigenvalue weighted by Crippen LogP contribution is -2.46. The van der Waals surface area contributed by atoms with Crippen molar-refractivity contribution in [3.8, 4) is 0 Å². The summed E-state index contributed by atoms with van der Waals surface area (Å²) in [6.07, 6.45) is 4.88. The summed E-state index contributed by atoms with van der Waals surface area (Å²) >= 11 is 0. The third kappa shape index (κ3) is 5.38. The van der Waals surface area contributed by atoms with Crippen LogP contribution < -0.4 is 10.6 Å². The Bertz CT molecular complexity index is 281. The van der Waals surface area contributed by atoms with Crippen molar-refractivity contribution < 1.29 is 14.3 Å². The molecule has 0 radical (unpaired) electrons. The zero-order chi connectivity index (χ0) is 13.4. The van der Waals surface area contributed by atoms with E-state index >= 15 is 0 Å². The standard InChI is InChI=1S/C13H24N2O3/c1-3-18-12(16)8-9-14-13(17)15-11-7-5-4-6-10(11)2/h10-11H,3-9H2,1-2H3,(H2,14,15,17)/t10-,11+/m1/s1. The third-order valence-corrected chi connectivity index (χ3v) is 3.35. The van der Waals surface area contributed by atoms with E-state index in [9.17, 15) is 9.59 Å². The lowest BCUT2D eigenvalue weighted by molar-refractivity contribution is -0.142. The summed E-state index contributed by atoms with van der Waals surface area (Å²) in [7, 11) is 0. The van der Waals surface area contributed by atoms with Gasteiger partial charge in [-0.15, -0.1) is 0 Å². The van der Waals surface area contributed by atoms with Crippen LogP contribution in [-0.4, -0.2) is 31.2 Å². The normalized spacial score (nSPS) is 23.2. The van der Waals surface area contributed by atoms with Crippen LogP contribution in [0.25, 0.3) is 0 Å². The fourth-order valence-corrected chi connectivity index (χ4v) is 2.26. The predicted octanol–water partition coefficient (Wildman–Crippen LogP) is 1.82. The van der Waals surface area contributed by atoms with Crippen LogP contribution in [0.1, 0.15) is 46.0 Å². The number of hydrogen-bond acceptors (Lipinski definition) is 3. The number of nitrogens with one attached hydrogen (secondary N) is 2. The van der Waals surface area contributed by atoms with Gasteiger partial charge in [0.25, 0.3) is 0 Å². The van der Waals surface area contributed by atoms with Crippen molar-refractivity contribution >= 4 is 12.0 Å². The van der Waals surface area contributed by atoms with E-state index in [0.29, 0.717) is 19.1 Å². The number of esters is 1. The molecule has 0 aromatic heterocycles. The molecule has 2 amide bonds. The summed E-state index contributed by atoms with van der Waals surface area (Å²) in [6, 6.07) is 0.0828. The number of amides is 2. The van der Waals surface area contributed by atoms with Gasteiger partial charge in [0.05, 0.1) is 13.0 Å². The molecule has 0 bridgehead atoms. The number of carbonyl (C=O) groups is 2. The van der Waals surface area contributed by atoms with Gasteiger partial charge in [-0.1, -0.05) is 19.8 Å². The van der Waals surface area contributed by atoms with Crippen LogP contribution in [0, 0.1) is 5.92 Å². The van der Waals surface area contributed by atoms with Crippen LogP contribution in [0.5, 0.6) is 0 Å². The molecule has 1 fully saturated rings. The van der Waals surface area contributed by atoms with Crippen molar-refractivity contribution in [2.45, 2.75) is 52.0 Å². The summed E-state index contributed by atoms with van der Waals surface area (Å²) in [5, 5.41) is 5.66. The van der Waals surface area contributed by atoms with E-state index in [1.54, 1.807) is 6.92 Å². The topological polar surface area (TPSA) is 67.4 Å². The van der Waals surface area contributed by atoms with Gasteiger partial charge in [-0.2, -0.15) is 0 Å². The number of hydrogen-bond donors (Lipinski definition) is 2. The Kier molecular flexibility index (Phi) is 6.54. The van der Waals surface area contributed by atoms with Gasteiger partial charge in [-0.05, 0) is 25.7 Å². The quantitative estimate of drug-likeness (QED) is 0.737. The van der Waals surface area contributed by atoms with Crippen molar-refractivity contribution in [2.24, 2.45) is 5.92 Å². The Morgan fingerprint density at radius 3 is 2.67 bits per heavy atom. The molecule has 1 saturated carbocycles. The monoisotopic (exact) mass is 256 g/mol. The van der Waals surface area contributed by atoms with Crippen LogP contribution in [-0.2, 0) is 9.53 Å². The van der Waals surface area contributed by atoms with Gasteiger partial charge in [-0.3, -0.25) is 4.79 Å². The average molecular weight is 256 g/mol. The Morgan fingerprint density at radius 1 is 1.28 bits per heavy atom. The molecule has 0 unspecified atom stereocenters. The van der Waals surface area contributed by atoms with Gasteiger partial charge < -0.3 is 15.4 Å². The first-order valence-corrected chi connectivity index (χ1v) is 6.83. The summed E-state index contributed by atoms with van der Waals surface area (Å²) in [5.41, 5.74) is 0. The largest absolute Gasteiger partial charge is 0.466 e. The minimum atomic E-state index is -0.274. The maximum absolute atomic E-state index is 11.6. The first-order valence-electron chi connectivity index (χ1n) is 6.83. The molecule has 1 aliphatic carbocycles. The van der Waals surface area contributed by atoms with E-state index in [-0.39, 0.29) is 24.5 Å². The fourth-order valence-electron chi connectivity index (χ4n) is 2.26. The Morgan fingerprint density at radius 2 is 2.00 bits per heavy atom. The Labute approximate surface area is 109 Å². The molecule has 1 aliphatic rings. The molecule has 0 aromatic rings. The molecule has 2 N–H and O–H groups in total. The van der Waals surface area contributed by atoms with Gasteiger partial charge in [0.15, 0.2) is 0 Å². The van der Waals surface area contributed by atoms with Crippen molar-refractivity contribution in [1.29, 1.82) is 0 Å². The van der Waals surface area contributed by atoms with Crippen LogP contribution in [0.2, 0.25) is 0 Å². The maximum atomic E-state index is 11.6. The lowest BCUT2D eigenvalue weighted by Gasteiger charge is -2.29. The summed E-state index contributed by atoms with van der Waals surface area (Å²) in [6.45, 7) is 4.64. The molecule has 0 aromatic carbocycles. The van der Waals surface area contributed by atoms with Crippen LogP contribution in [0.15, 0.2) is 0 Å². The van der Waals surface area contributed by atoms with Crippen molar-refractivity contribution in [3.63, 3.8) is 0 Å². The van der Waals surface area contributed by atoms with E-state index in [4.69, 9.17) is 4.74 Å². The molecule has 0 aliphatic heterocycles. The lowest BCUT2D eigenvalue weighted by atomic mass is 9.86. The number of urea groups is 1. The van der Waals surface area contributed by atoms with E-state index < -0.39 is 0 Å². The van der Waals surface area contributed by atoms with Crippen molar-refractivity contribution in [3.05, 3.63) is 0 Å². The highest BCUT2D eigenvalue weighted by molar-refractivity contribution is 5.75. The molecular formula is C13H24N2O3. The molecule has 5 nitrogen and oxygen atoms in total. The van der Waals surface area contributed by atoms with Gasteiger partial charge in [-0.25, -0.2) is 4.79 Å². The summed E-state index contributed by atoms with van der Waals surface area (Å²) in [5.74, 6) is 0.262. The van der Waals surface area contributed by atoms with E-state index in [1.807, 2.05) is 0 Å². The van der Waals surface area contributed by atoms with Gasteiger partial charge in [0.2, 0.25) is 0 Å². The van der Waals surface area contributed by atoms with Gasteiger partial charge in [0, 0.05) is 12.6 Å². The molecule has 2 atom stereocenters. The maximum Gasteiger partial charge on any atom is 0.315 e. The van der Waals surface area contributed by atoms with E-state index in [1.165, 1.54) is 19.3 Å². The van der Waals surface area contributed by atoms with Crippen LogP contribution >= 0.6 is 0 Å². The first kappa shape index (κ1) is 14.8. The number of rotatable bonds is 5. The number of carbonyl (C=O) groups excluding carboxylic acids is 2. The minimum absolute atomic E-state index is 0.182. The minimum Gasteiger partial charge on any atom is -0.466 e. The highest BCUT2D eigenvalue weighted by atomic mass is 16.5. The van der Waals surface area contributed by atoms with E-state index in [2.05, 4.69) is 17.6 Å². The molecule has 0 spiro atoms. The van der Waals surface area contributed by atoms with Crippen LogP contribution in [0.3, 0.4) is 0 Å². The zero-order valence-electron chi connectivity index (χ0n) is 11.3. The zero-order valence-corrected chi connectivity index (χ0v) is 11.3. The smallest absolute Gasteiger partial charge is 0.315 e. The molecule has 1 rings (SSSR count). The average Bonchev–Trinajstić information content (AvgIpc) is 2.32. The van der Waals surface area contributed by atoms with Crippen LogP contribution in [0.4, 0.5) is 4.79 Å². The molecule has 0 heterocycles. The fraction of sp³-hybridized carbons (Fsp3) is 0.846. The van der Waals surface area contributed by atoms with Gasteiger partial charge >= 0.3 is 12.0 Å². The highest BCUT2D eigenvalue weighted by Crippen LogP contribution is 2.23. The molecule has 0 saturated heterocycles. The van der Waals surface area contributed by atoms with E-state index in [0.717, 1.165) is 6.42 Å². The molecule has 104 valence electrons. The second kappa shape index (κ2) is 7.95. The number of ether oxygens (including phenoxy) is 1. The molecule has 18 heavy (non-hydrogen) atoms. The molecule has 5 heteroatoms. The Balaban J connectivity index is 2.15. The van der Waals surface area contributed by atoms with Gasteiger partial charge in [0.1, 0.15) is 0 Å². The SMILES string of the molecule is CCOC(=O)CCNC(=O)N[C@H]1CCCC[C@H]1C. The Hall–Kier alpha value is -1.26. The second-order valence-electron chi connectivity index (χ2n) is 4.82. The van der Waals surface area contributed by atoms with Crippen molar-refractivity contribution in [1.82, 2.24) is 10.6 Å².